The first-order valence-electron chi connectivity index (χ1n) is 6.27. The molecule has 1 N–H and O–H groups in total. The molecule has 0 unspecified atom stereocenters. The van der Waals surface area contributed by atoms with Crippen molar-refractivity contribution in [2.75, 3.05) is 0 Å². The van der Waals surface area contributed by atoms with Gasteiger partial charge in [0.05, 0.1) is 22.3 Å². The van der Waals surface area contributed by atoms with Gasteiger partial charge in [-0.3, -0.25) is 4.57 Å². The van der Waals surface area contributed by atoms with Crippen molar-refractivity contribution in [1.29, 1.82) is 0 Å². The highest BCUT2D eigenvalue weighted by atomic mass is 79.9. The van der Waals surface area contributed by atoms with Gasteiger partial charge in [0.1, 0.15) is 10.9 Å². The zero-order valence-corrected chi connectivity index (χ0v) is 12.8. The average Bonchev–Trinajstić information content (AvgIpc) is 2.80. The van der Waals surface area contributed by atoms with E-state index in [0.717, 1.165) is 26.9 Å². The molecule has 0 fully saturated rings. The van der Waals surface area contributed by atoms with E-state index in [9.17, 15) is 5.11 Å². The zero-order chi connectivity index (χ0) is 14.3. The minimum atomic E-state index is -0.863. The Bertz CT molecular complexity index is 774. The lowest BCUT2D eigenvalue weighted by Crippen LogP contribution is -2.15. The summed E-state index contributed by atoms with van der Waals surface area (Å²) in [7, 11) is 0. The fourth-order valence-electron chi connectivity index (χ4n) is 2.14. The molecule has 2 heterocycles. The van der Waals surface area contributed by atoms with Gasteiger partial charge in [0, 0.05) is 6.20 Å². The number of aliphatic hydroxyl groups is 1. The van der Waals surface area contributed by atoms with Gasteiger partial charge in [0.25, 0.3) is 0 Å². The normalized spacial score (nSPS) is 12.0. The number of hydrogen-bond donors (Lipinski definition) is 1. The van der Waals surface area contributed by atoms with Gasteiger partial charge < -0.3 is 5.11 Å². The molecule has 0 aliphatic heterocycles. The number of halogens is 1. The second-order valence-corrected chi connectivity index (χ2v) is 6.03. The van der Waals surface area contributed by atoms with Crippen molar-refractivity contribution < 1.29 is 5.11 Å². The maximum Gasteiger partial charge on any atom is 0.108 e. The van der Waals surface area contributed by atoms with Crippen LogP contribution in [0.3, 0.4) is 0 Å². The highest BCUT2D eigenvalue weighted by Crippen LogP contribution is 2.25. The SMILES string of the molecule is CC(C)(O)c1ccc2c(c1)ncn2-c1ccnc(Br)c1. The topological polar surface area (TPSA) is 50.9 Å². The highest BCUT2D eigenvalue weighted by molar-refractivity contribution is 9.10. The summed E-state index contributed by atoms with van der Waals surface area (Å²) in [5.41, 5.74) is 2.84. The third kappa shape index (κ3) is 2.34. The summed E-state index contributed by atoms with van der Waals surface area (Å²) in [6.07, 6.45) is 3.52. The van der Waals surface area contributed by atoms with Crippen molar-refractivity contribution >= 4 is 27.0 Å². The Morgan fingerprint density at radius 2 is 1.95 bits per heavy atom. The lowest BCUT2D eigenvalue weighted by Gasteiger charge is -2.17. The molecule has 0 aliphatic rings. The maximum atomic E-state index is 10.1. The molecule has 102 valence electrons. The number of nitrogens with zero attached hydrogens (tertiary/aromatic N) is 3. The molecule has 0 bridgehead atoms. The van der Waals surface area contributed by atoms with E-state index in [0.29, 0.717) is 0 Å². The van der Waals surface area contributed by atoms with E-state index in [1.165, 1.54) is 0 Å². The summed E-state index contributed by atoms with van der Waals surface area (Å²) in [6.45, 7) is 3.54. The fourth-order valence-corrected chi connectivity index (χ4v) is 2.49. The Hall–Kier alpha value is -1.72. The first-order chi connectivity index (χ1) is 9.45. The smallest absolute Gasteiger partial charge is 0.108 e. The molecule has 0 amide bonds. The summed E-state index contributed by atoms with van der Waals surface area (Å²) in [5.74, 6) is 0. The number of fused-ring (bicyclic) bond motifs is 1. The van der Waals surface area contributed by atoms with Crippen LogP contribution in [0.5, 0.6) is 0 Å². The van der Waals surface area contributed by atoms with Crippen molar-refractivity contribution in [3.05, 3.63) is 53.0 Å². The lowest BCUT2D eigenvalue weighted by atomic mass is 9.98. The van der Waals surface area contributed by atoms with Crippen LogP contribution in [-0.2, 0) is 5.60 Å². The van der Waals surface area contributed by atoms with E-state index in [4.69, 9.17) is 0 Å². The molecule has 4 nitrogen and oxygen atoms in total. The molecule has 0 saturated carbocycles. The summed E-state index contributed by atoms with van der Waals surface area (Å²) >= 11 is 3.37. The van der Waals surface area contributed by atoms with E-state index < -0.39 is 5.60 Å². The average molecular weight is 332 g/mol. The van der Waals surface area contributed by atoms with Crippen LogP contribution in [0.1, 0.15) is 19.4 Å². The van der Waals surface area contributed by atoms with Crippen LogP contribution >= 0.6 is 15.9 Å². The van der Waals surface area contributed by atoms with Gasteiger partial charge in [-0.1, -0.05) is 6.07 Å². The minimum absolute atomic E-state index is 0.782. The molecule has 20 heavy (non-hydrogen) atoms. The number of pyridine rings is 1. The molecule has 0 saturated heterocycles. The van der Waals surface area contributed by atoms with Crippen molar-refractivity contribution in [2.45, 2.75) is 19.4 Å². The van der Waals surface area contributed by atoms with Gasteiger partial charge in [0.2, 0.25) is 0 Å². The predicted octanol–water partition coefficient (Wildman–Crippen LogP) is 3.41. The molecule has 1 aromatic carbocycles. The Morgan fingerprint density at radius 3 is 2.65 bits per heavy atom. The second-order valence-electron chi connectivity index (χ2n) is 5.21. The maximum absolute atomic E-state index is 10.1. The summed E-state index contributed by atoms with van der Waals surface area (Å²) in [6, 6.07) is 9.68. The van der Waals surface area contributed by atoms with E-state index in [-0.39, 0.29) is 0 Å². The third-order valence-electron chi connectivity index (χ3n) is 3.24. The zero-order valence-electron chi connectivity index (χ0n) is 11.2. The van der Waals surface area contributed by atoms with E-state index in [1.807, 2.05) is 34.9 Å². The monoisotopic (exact) mass is 331 g/mol. The van der Waals surface area contributed by atoms with Gasteiger partial charge in [-0.2, -0.15) is 0 Å². The molecular formula is C15H14BrN3O. The van der Waals surface area contributed by atoms with Crippen LogP contribution in [0.25, 0.3) is 16.7 Å². The molecule has 3 aromatic rings. The summed E-state index contributed by atoms with van der Waals surface area (Å²) in [5, 5.41) is 10.1. The van der Waals surface area contributed by atoms with Crippen LogP contribution in [0.2, 0.25) is 0 Å². The molecule has 2 aromatic heterocycles. The van der Waals surface area contributed by atoms with E-state index in [2.05, 4.69) is 25.9 Å². The third-order valence-corrected chi connectivity index (χ3v) is 3.68. The Balaban J connectivity index is 2.15. The first kappa shape index (κ1) is 13.3. The van der Waals surface area contributed by atoms with Crippen molar-refractivity contribution in [2.24, 2.45) is 0 Å². The molecule has 0 atom stereocenters. The molecule has 0 radical (unpaired) electrons. The number of benzene rings is 1. The number of aromatic nitrogens is 3. The molecule has 3 rings (SSSR count). The Kier molecular flexibility index (Phi) is 3.11. The van der Waals surface area contributed by atoms with E-state index in [1.54, 1.807) is 26.4 Å². The minimum Gasteiger partial charge on any atom is -0.386 e. The van der Waals surface area contributed by atoms with Gasteiger partial charge in [-0.05, 0) is 59.6 Å². The predicted molar refractivity (Wildman–Crippen MR) is 81.8 cm³/mol. The van der Waals surface area contributed by atoms with Crippen molar-refractivity contribution in [3.63, 3.8) is 0 Å². The largest absolute Gasteiger partial charge is 0.386 e. The van der Waals surface area contributed by atoms with Crippen LogP contribution in [0.15, 0.2) is 47.5 Å². The van der Waals surface area contributed by atoms with Crippen LogP contribution in [0, 0.1) is 0 Å². The van der Waals surface area contributed by atoms with Gasteiger partial charge in [-0.15, -0.1) is 0 Å². The van der Waals surface area contributed by atoms with Gasteiger partial charge in [-0.25, -0.2) is 9.97 Å². The Morgan fingerprint density at radius 1 is 1.15 bits per heavy atom. The number of rotatable bonds is 2. The standard InChI is InChI=1S/C15H14BrN3O/c1-15(2,20)10-3-4-13-12(7-10)18-9-19(13)11-5-6-17-14(16)8-11/h3-9,20H,1-2H3. The molecular weight excluding hydrogens is 318 g/mol. The highest BCUT2D eigenvalue weighted by Gasteiger charge is 2.17. The number of imidazole rings is 1. The molecule has 0 aliphatic carbocycles. The van der Waals surface area contributed by atoms with E-state index >= 15 is 0 Å². The second kappa shape index (κ2) is 4.68. The molecule has 5 heteroatoms. The quantitative estimate of drug-likeness (QED) is 0.732. The molecule has 0 spiro atoms. The van der Waals surface area contributed by atoms with Gasteiger partial charge >= 0.3 is 0 Å². The first-order valence-corrected chi connectivity index (χ1v) is 7.06. The Labute approximate surface area is 125 Å². The summed E-state index contributed by atoms with van der Waals surface area (Å²) in [4.78, 5) is 8.54. The van der Waals surface area contributed by atoms with Crippen LogP contribution < -0.4 is 0 Å². The lowest BCUT2D eigenvalue weighted by molar-refractivity contribution is 0.0787. The van der Waals surface area contributed by atoms with Crippen molar-refractivity contribution in [1.82, 2.24) is 14.5 Å². The van der Waals surface area contributed by atoms with Crippen LogP contribution in [-0.4, -0.2) is 19.6 Å². The van der Waals surface area contributed by atoms with Gasteiger partial charge in [0.15, 0.2) is 0 Å². The number of hydrogen-bond acceptors (Lipinski definition) is 3. The van der Waals surface area contributed by atoms with Crippen molar-refractivity contribution in [3.8, 4) is 5.69 Å². The fraction of sp³-hybridized carbons (Fsp3) is 0.200. The summed E-state index contributed by atoms with van der Waals surface area (Å²) < 4.78 is 2.78. The van der Waals surface area contributed by atoms with Crippen LogP contribution in [0.4, 0.5) is 0 Å².